The molecule has 4 nitrogen and oxygen atoms in total. The van der Waals surface area contributed by atoms with Crippen molar-refractivity contribution in [1.29, 1.82) is 0 Å². The molecule has 4 rings (SSSR count). The van der Waals surface area contributed by atoms with Gasteiger partial charge in [-0.25, -0.2) is 4.79 Å². The molecular formula is C25H24N2O2. The van der Waals surface area contributed by atoms with Gasteiger partial charge in [0.15, 0.2) is 0 Å². The summed E-state index contributed by atoms with van der Waals surface area (Å²) >= 11 is 0. The Bertz CT molecular complexity index is 973. The SMILES string of the molecule is C[C@@H]1C(=O)C[C@H](c2ccccc2)N(C(=O)Nc2ccccc2)[C@H]1c1ccccc1. The topological polar surface area (TPSA) is 49.4 Å². The molecular weight excluding hydrogens is 360 g/mol. The highest BCUT2D eigenvalue weighted by atomic mass is 16.2. The summed E-state index contributed by atoms with van der Waals surface area (Å²) in [6.07, 6.45) is 0.316. The number of ketones is 1. The maximum absolute atomic E-state index is 13.5. The maximum Gasteiger partial charge on any atom is 0.322 e. The highest BCUT2D eigenvalue weighted by molar-refractivity contribution is 5.93. The second kappa shape index (κ2) is 8.31. The molecule has 0 spiro atoms. The number of benzene rings is 3. The summed E-state index contributed by atoms with van der Waals surface area (Å²) < 4.78 is 0. The molecule has 0 aromatic heterocycles. The predicted molar refractivity (Wildman–Crippen MR) is 114 cm³/mol. The Kier molecular flexibility index (Phi) is 5.43. The fraction of sp³-hybridized carbons (Fsp3) is 0.200. The quantitative estimate of drug-likeness (QED) is 0.638. The first-order chi connectivity index (χ1) is 14.1. The van der Waals surface area contributed by atoms with Crippen molar-refractivity contribution < 1.29 is 9.59 Å². The van der Waals surface area contributed by atoms with Crippen molar-refractivity contribution in [3.8, 4) is 0 Å². The number of likely N-dealkylation sites (tertiary alicyclic amines) is 1. The summed E-state index contributed by atoms with van der Waals surface area (Å²) in [5.74, 6) is -0.102. The Labute approximate surface area is 171 Å². The van der Waals surface area contributed by atoms with Crippen LogP contribution >= 0.6 is 0 Å². The number of carbonyl (C=O) groups excluding carboxylic acids is 2. The summed E-state index contributed by atoms with van der Waals surface area (Å²) in [6.45, 7) is 1.92. The number of piperidine rings is 1. The molecule has 0 saturated carbocycles. The van der Waals surface area contributed by atoms with Gasteiger partial charge in [0.1, 0.15) is 5.78 Å². The summed E-state index contributed by atoms with van der Waals surface area (Å²) in [4.78, 5) is 28.3. The maximum atomic E-state index is 13.5. The van der Waals surface area contributed by atoms with E-state index in [4.69, 9.17) is 0 Å². The van der Waals surface area contributed by atoms with Crippen LogP contribution in [0, 0.1) is 5.92 Å². The largest absolute Gasteiger partial charge is 0.322 e. The second-order valence-electron chi connectivity index (χ2n) is 7.44. The molecule has 0 radical (unpaired) electrons. The van der Waals surface area contributed by atoms with Crippen LogP contribution in [0.5, 0.6) is 0 Å². The number of hydrogen-bond donors (Lipinski definition) is 1. The van der Waals surface area contributed by atoms with Gasteiger partial charge in [-0.05, 0) is 23.3 Å². The van der Waals surface area contributed by atoms with Crippen LogP contribution in [-0.2, 0) is 4.79 Å². The average molecular weight is 384 g/mol. The summed E-state index contributed by atoms with van der Waals surface area (Å²) in [5.41, 5.74) is 2.68. The lowest BCUT2D eigenvalue weighted by molar-refractivity contribution is -0.129. The third-order valence-corrected chi connectivity index (χ3v) is 5.60. The first-order valence-electron chi connectivity index (χ1n) is 9.92. The molecule has 0 aliphatic carbocycles. The molecule has 1 aliphatic heterocycles. The molecule has 1 heterocycles. The number of carbonyl (C=O) groups is 2. The van der Waals surface area contributed by atoms with Crippen molar-refractivity contribution in [1.82, 2.24) is 4.90 Å². The van der Waals surface area contributed by atoms with E-state index in [-0.39, 0.29) is 29.8 Å². The first kappa shape index (κ1) is 18.9. The van der Waals surface area contributed by atoms with Crippen molar-refractivity contribution in [2.24, 2.45) is 5.92 Å². The summed E-state index contributed by atoms with van der Waals surface area (Å²) in [5, 5.41) is 3.02. The number of rotatable bonds is 3. The second-order valence-corrected chi connectivity index (χ2v) is 7.44. The Balaban J connectivity index is 1.77. The number of hydrogen-bond acceptors (Lipinski definition) is 2. The monoisotopic (exact) mass is 384 g/mol. The predicted octanol–water partition coefficient (Wildman–Crippen LogP) is 5.61. The Morgan fingerprint density at radius 2 is 1.34 bits per heavy atom. The van der Waals surface area contributed by atoms with E-state index in [0.29, 0.717) is 6.42 Å². The van der Waals surface area contributed by atoms with Gasteiger partial charge in [-0.1, -0.05) is 85.8 Å². The van der Waals surface area contributed by atoms with E-state index in [9.17, 15) is 9.59 Å². The molecule has 29 heavy (non-hydrogen) atoms. The summed E-state index contributed by atoms with van der Waals surface area (Å²) in [6, 6.07) is 28.2. The van der Waals surface area contributed by atoms with E-state index in [0.717, 1.165) is 16.8 Å². The first-order valence-corrected chi connectivity index (χ1v) is 9.92. The molecule has 0 unspecified atom stereocenters. The Morgan fingerprint density at radius 3 is 1.93 bits per heavy atom. The number of para-hydroxylation sites is 1. The molecule has 3 atom stereocenters. The van der Waals surface area contributed by atoms with Crippen molar-refractivity contribution in [2.75, 3.05) is 5.32 Å². The number of Topliss-reactive ketones (excluding diaryl/α,β-unsaturated/α-hetero) is 1. The minimum atomic E-state index is -0.327. The van der Waals surface area contributed by atoms with Gasteiger partial charge in [0.2, 0.25) is 0 Å². The molecule has 2 amide bonds. The molecule has 4 heteroatoms. The van der Waals surface area contributed by atoms with Crippen LogP contribution in [0.3, 0.4) is 0 Å². The zero-order valence-corrected chi connectivity index (χ0v) is 16.4. The fourth-order valence-corrected chi connectivity index (χ4v) is 4.12. The molecule has 1 fully saturated rings. The van der Waals surface area contributed by atoms with Gasteiger partial charge in [0, 0.05) is 18.0 Å². The van der Waals surface area contributed by atoms with Crippen molar-refractivity contribution in [3.05, 3.63) is 102 Å². The normalized spacial score (nSPS) is 21.6. The molecule has 1 aliphatic rings. The van der Waals surface area contributed by atoms with Crippen LogP contribution in [-0.4, -0.2) is 16.7 Å². The zero-order chi connectivity index (χ0) is 20.2. The van der Waals surface area contributed by atoms with Gasteiger partial charge >= 0.3 is 6.03 Å². The smallest absolute Gasteiger partial charge is 0.309 e. The van der Waals surface area contributed by atoms with Crippen LogP contribution < -0.4 is 5.32 Å². The van der Waals surface area contributed by atoms with Crippen LogP contribution in [0.4, 0.5) is 10.5 Å². The Morgan fingerprint density at radius 1 is 0.828 bits per heavy atom. The minimum Gasteiger partial charge on any atom is -0.309 e. The van der Waals surface area contributed by atoms with Gasteiger partial charge in [-0.3, -0.25) is 4.79 Å². The lowest BCUT2D eigenvalue weighted by Gasteiger charge is -2.45. The molecule has 3 aromatic carbocycles. The number of amides is 2. The van der Waals surface area contributed by atoms with E-state index >= 15 is 0 Å². The zero-order valence-electron chi connectivity index (χ0n) is 16.4. The molecule has 1 N–H and O–H groups in total. The van der Waals surface area contributed by atoms with Gasteiger partial charge < -0.3 is 10.2 Å². The van der Waals surface area contributed by atoms with E-state index in [2.05, 4.69) is 5.32 Å². The van der Waals surface area contributed by atoms with Crippen molar-refractivity contribution >= 4 is 17.5 Å². The van der Waals surface area contributed by atoms with Gasteiger partial charge in [0.25, 0.3) is 0 Å². The molecule has 1 saturated heterocycles. The lowest BCUT2D eigenvalue weighted by Crippen LogP contribution is -2.49. The van der Waals surface area contributed by atoms with Crippen molar-refractivity contribution in [3.63, 3.8) is 0 Å². The number of nitrogens with zero attached hydrogens (tertiary/aromatic N) is 1. The highest BCUT2D eigenvalue weighted by Gasteiger charge is 2.43. The minimum absolute atomic E-state index is 0.177. The fourth-order valence-electron chi connectivity index (χ4n) is 4.12. The van der Waals surface area contributed by atoms with Gasteiger partial charge in [0.05, 0.1) is 12.1 Å². The average Bonchev–Trinajstić information content (AvgIpc) is 2.77. The van der Waals surface area contributed by atoms with Crippen LogP contribution in [0.1, 0.15) is 36.6 Å². The van der Waals surface area contributed by atoms with E-state index in [1.807, 2.05) is 103 Å². The van der Waals surface area contributed by atoms with Gasteiger partial charge in [-0.15, -0.1) is 0 Å². The van der Waals surface area contributed by atoms with Gasteiger partial charge in [-0.2, -0.15) is 0 Å². The third kappa shape index (κ3) is 3.92. The van der Waals surface area contributed by atoms with Crippen molar-refractivity contribution in [2.45, 2.75) is 25.4 Å². The number of anilines is 1. The number of nitrogens with one attached hydrogen (secondary N) is 1. The van der Waals surface area contributed by atoms with E-state index < -0.39 is 0 Å². The van der Waals surface area contributed by atoms with Crippen LogP contribution in [0.25, 0.3) is 0 Å². The van der Waals surface area contributed by atoms with E-state index in [1.54, 1.807) is 0 Å². The lowest BCUT2D eigenvalue weighted by atomic mass is 9.80. The highest BCUT2D eigenvalue weighted by Crippen LogP contribution is 2.43. The Hall–Kier alpha value is -3.40. The van der Waals surface area contributed by atoms with E-state index in [1.165, 1.54) is 0 Å². The molecule has 0 bridgehead atoms. The van der Waals surface area contributed by atoms with Crippen LogP contribution in [0.15, 0.2) is 91.0 Å². The summed E-state index contributed by atoms with van der Waals surface area (Å²) in [7, 11) is 0. The molecule has 3 aromatic rings. The van der Waals surface area contributed by atoms with Crippen LogP contribution in [0.2, 0.25) is 0 Å². The third-order valence-electron chi connectivity index (χ3n) is 5.60. The standard InChI is InChI=1S/C25H24N2O2/c1-18-23(28)17-22(19-11-5-2-6-12-19)27(24(18)20-13-7-3-8-14-20)25(29)26-21-15-9-4-10-16-21/h2-16,18,22,24H,17H2,1H3,(H,26,29)/t18-,22-,24-/m1/s1. The molecule has 146 valence electrons. The number of urea groups is 1.